The van der Waals surface area contributed by atoms with Gasteiger partial charge in [-0.1, -0.05) is 60.6 Å². The summed E-state index contributed by atoms with van der Waals surface area (Å²) in [5.41, 5.74) is 4.95. The minimum Gasteiger partial charge on any atom is -0.318 e. The number of benzene rings is 2. The first-order chi connectivity index (χ1) is 14.7. The number of rotatable bonds is 6. The van der Waals surface area contributed by atoms with Crippen molar-refractivity contribution in [2.24, 2.45) is 5.16 Å². The number of fused-ring (bicyclic) bond motifs is 1. The van der Waals surface area contributed by atoms with E-state index in [1.807, 2.05) is 53.2 Å². The van der Waals surface area contributed by atoms with Gasteiger partial charge in [-0.25, -0.2) is 9.78 Å². The average molecular weight is 397 g/mol. The number of aryl methyl sites for hydroxylation is 1. The number of hydrogen-bond acceptors (Lipinski definition) is 4. The van der Waals surface area contributed by atoms with Crippen LogP contribution in [0.15, 0.2) is 84.3 Å². The van der Waals surface area contributed by atoms with Crippen molar-refractivity contribution < 1.29 is 9.63 Å². The third kappa shape index (κ3) is 4.01. The number of oxime groups is 1. The lowest BCUT2D eigenvalue weighted by atomic mass is 9.98. The van der Waals surface area contributed by atoms with Crippen molar-refractivity contribution in [2.45, 2.75) is 26.7 Å². The van der Waals surface area contributed by atoms with E-state index in [1.54, 1.807) is 13.1 Å². The van der Waals surface area contributed by atoms with E-state index >= 15 is 0 Å². The average Bonchev–Trinajstić information content (AvgIpc) is 3.18. The Balaban J connectivity index is 1.86. The van der Waals surface area contributed by atoms with Crippen LogP contribution in [0.1, 0.15) is 30.0 Å². The second kappa shape index (κ2) is 8.74. The lowest BCUT2D eigenvalue weighted by Gasteiger charge is -2.08. The topological polar surface area (TPSA) is 56.5 Å². The van der Waals surface area contributed by atoms with E-state index in [0.29, 0.717) is 12.1 Å². The van der Waals surface area contributed by atoms with E-state index in [2.05, 4.69) is 41.3 Å². The molecule has 0 bridgehead atoms. The standard InChI is InChI=1S/C25H23N3O2/c1-3-25(29)30-27-22(16-19-11-5-4-10-18(19)2)21-17-28(24-14-8-9-15-26-24)23-13-7-6-12-20(21)23/h4-15,17H,3,16H2,1-2H3/b27-22+. The van der Waals surface area contributed by atoms with Gasteiger partial charge in [0.25, 0.3) is 0 Å². The molecular weight excluding hydrogens is 374 g/mol. The van der Waals surface area contributed by atoms with Crippen molar-refractivity contribution in [2.75, 3.05) is 0 Å². The predicted molar refractivity (Wildman–Crippen MR) is 119 cm³/mol. The van der Waals surface area contributed by atoms with Crippen LogP contribution in [0.25, 0.3) is 16.7 Å². The fourth-order valence-corrected chi connectivity index (χ4v) is 3.43. The van der Waals surface area contributed by atoms with Gasteiger partial charge >= 0.3 is 5.97 Å². The van der Waals surface area contributed by atoms with Crippen LogP contribution in [0.5, 0.6) is 0 Å². The number of carbonyl (C=O) groups excluding carboxylic acids is 1. The Hall–Kier alpha value is -3.73. The first-order valence-corrected chi connectivity index (χ1v) is 10.0. The van der Waals surface area contributed by atoms with Crippen molar-refractivity contribution >= 4 is 22.6 Å². The molecule has 0 fully saturated rings. The molecule has 0 N–H and O–H groups in total. The van der Waals surface area contributed by atoms with Crippen LogP contribution in [0, 0.1) is 6.92 Å². The second-order valence-corrected chi connectivity index (χ2v) is 7.08. The van der Waals surface area contributed by atoms with Crippen molar-refractivity contribution in [1.29, 1.82) is 0 Å². The van der Waals surface area contributed by atoms with E-state index in [0.717, 1.165) is 27.8 Å². The molecule has 4 rings (SSSR count). The molecule has 0 aliphatic heterocycles. The summed E-state index contributed by atoms with van der Waals surface area (Å²) in [4.78, 5) is 21.5. The highest BCUT2D eigenvalue weighted by Crippen LogP contribution is 2.26. The van der Waals surface area contributed by atoms with Gasteiger partial charge in [0, 0.05) is 36.2 Å². The Morgan fingerprint density at radius 2 is 1.80 bits per heavy atom. The summed E-state index contributed by atoms with van der Waals surface area (Å²) < 4.78 is 2.04. The van der Waals surface area contributed by atoms with E-state index in [9.17, 15) is 4.79 Å². The summed E-state index contributed by atoms with van der Waals surface area (Å²) in [6.07, 6.45) is 4.62. The van der Waals surface area contributed by atoms with E-state index in [1.165, 1.54) is 5.56 Å². The van der Waals surface area contributed by atoms with Crippen LogP contribution >= 0.6 is 0 Å². The Morgan fingerprint density at radius 3 is 2.57 bits per heavy atom. The molecule has 0 aliphatic carbocycles. The molecule has 2 aromatic heterocycles. The van der Waals surface area contributed by atoms with Gasteiger partial charge in [-0.2, -0.15) is 0 Å². The van der Waals surface area contributed by atoms with Crippen molar-refractivity contribution in [3.8, 4) is 5.82 Å². The number of carbonyl (C=O) groups is 1. The maximum atomic E-state index is 11.8. The minimum atomic E-state index is -0.356. The monoisotopic (exact) mass is 397 g/mol. The van der Waals surface area contributed by atoms with Gasteiger partial charge in [-0.15, -0.1) is 0 Å². The molecular formula is C25H23N3O2. The number of aromatic nitrogens is 2. The number of hydrogen-bond donors (Lipinski definition) is 0. The largest absolute Gasteiger partial charge is 0.334 e. The fourth-order valence-electron chi connectivity index (χ4n) is 3.43. The van der Waals surface area contributed by atoms with Crippen molar-refractivity contribution in [3.05, 3.63) is 95.8 Å². The Morgan fingerprint density at radius 1 is 1.03 bits per heavy atom. The zero-order valence-electron chi connectivity index (χ0n) is 17.1. The molecule has 4 aromatic rings. The highest BCUT2D eigenvalue weighted by atomic mass is 16.7. The first-order valence-electron chi connectivity index (χ1n) is 10.0. The maximum absolute atomic E-state index is 11.8. The van der Waals surface area contributed by atoms with Crippen LogP contribution in [0.3, 0.4) is 0 Å². The molecule has 5 nitrogen and oxygen atoms in total. The minimum absolute atomic E-state index is 0.275. The van der Waals surface area contributed by atoms with Crippen LogP contribution < -0.4 is 0 Å². The number of para-hydroxylation sites is 1. The lowest BCUT2D eigenvalue weighted by molar-refractivity contribution is -0.143. The quantitative estimate of drug-likeness (QED) is 0.254. The summed E-state index contributed by atoms with van der Waals surface area (Å²) in [6.45, 7) is 3.83. The Labute approximate surface area is 175 Å². The van der Waals surface area contributed by atoms with Crippen molar-refractivity contribution in [3.63, 3.8) is 0 Å². The van der Waals surface area contributed by atoms with E-state index in [-0.39, 0.29) is 12.4 Å². The van der Waals surface area contributed by atoms with Crippen LogP contribution in [0.2, 0.25) is 0 Å². The van der Waals surface area contributed by atoms with Crippen molar-refractivity contribution in [1.82, 2.24) is 9.55 Å². The molecule has 2 aromatic carbocycles. The number of pyridine rings is 1. The molecule has 0 unspecified atom stereocenters. The third-order valence-corrected chi connectivity index (χ3v) is 5.08. The van der Waals surface area contributed by atoms with E-state index < -0.39 is 0 Å². The molecule has 0 atom stereocenters. The smallest absolute Gasteiger partial charge is 0.318 e. The summed E-state index contributed by atoms with van der Waals surface area (Å²) in [5.74, 6) is 0.464. The number of nitrogens with zero attached hydrogens (tertiary/aromatic N) is 3. The molecule has 150 valence electrons. The molecule has 0 radical (unpaired) electrons. The molecule has 2 heterocycles. The maximum Gasteiger partial charge on any atom is 0.334 e. The predicted octanol–water partition coefficient (Wildman–Crippen LogP) is 5.23. The van der Waals surface area contributed by atoms with Crippen LogP contribution in [-0.4, -0.2) is 21.2 Å². The van der Waals surface area contributed by atoms with E-state index in [4.69, 9.17) is 4.84 Å². The summed E-state index contributed by atoms with van der Waals surface area (Å²) in [5, 5.41) is 5.32. The SMILES string of the molecule is CCC(=O)O/N=C(\Cc1ccccc1C)c1cn(-c2ccccn2)c2ccccc12. The molecule has 5 heteroatoms. The molecule has 0 saturated heterocycles. The molecule has 0 saturated carbocycles. The summed E-state index contributed by atoms with van der Waals surface area (Å²) in [6, 6.07) is 22.1. The van der Waals surface area contributed by atoms with Gasteiger partial charge in [0.2, 0.25) is 0 Å². The third-order valence-electron chi connectivity index (χ3n) is 5.08. The zero-order chi connectivity index (χ0) is 20.9. The molecule has 0 spiro atoms. The Kier molecular flexibility index (Phi) is 5.70. The van der Waals surface area contributed by atoms with Gasteiger partial charge in [-0.3, -0.25) is 0 Å². The first kappa shape index (κ1) is 19.6. The van der Waals surface area contributed by atoms with Gasteiger partial charge in [0.15, 0.2) is 0 Å². The summed E-state index contributed by atoms with van der Waals surface area (Å²) in [7, 11) is 0. The van der Waals surface area contributed by atoms with Gasteiger partial charge in [0.1, 0.15) is 5.82 Å². The lowest BCUT2D eigenvalue weighted by Crippen LogP contribution is -2.09. The fraction of sp³-hybridized carbons (Fsp3) is 0.160. The van der Waals surface area contributed by atoms with Gasteiger partial charge in [-0.05, 0) is 36.2 Å². The normalized spacial score (nSPS) is 11.6. The highest BCUT2D eigenvalue weighted by molar-refractivity contribution is 6.12. The van der Waals surface area contributed by atoms with Gasteiger partial charge < -0.3 is 9.40 Å². The molecule has 30 heavy (non-hydrogen) atoms. The zero-order valence-corrected chi connectivity index (χ0v) is 17.1. The second-order valence-electron chi connectivity index (χ2n) is 7.08. The van der Waals surface area contributed by atoms with Crippen LogP contribution in [0.4, 0.5) is 0 Å². The molecule has 0 amide bonds. The Bertz CT molecular complexity index is 1210. The van der Waals surface area contributed by atoms with Crippen LogP contribution in [-0.2, 0) is 16.1 Å². The van der Waals surface area contributed by atoms with Gasteiger partial charge in [0.05, 0.1) is 11.2 Å². The molecule has 0 aliphatic rings. The summed E-state index contributed by atoms with van der Waals surface area (Å²) >= 11 is 0. The highest BCUT2D eigenvalue weighted by Gasteiger charge is 2.17.